The van der Waals surface area contributed by atoms with Crippen molar-refractivity contribution in [1.29, 1.82) is 0 Å². The SMILES string of the molecule is [2H]C1([2H])C([2H])([2H])C([2H])(S(=O)(=O)N/N=C/c2cncc(F)c2Cl)C([2H])([2H])C([2H])([2H])C1([2H])C. The van der Waals surface area contributed by atoms with Crippen molar-refractivity contribution >= 4 is 27.8 Å². The van der Waals surface area contributed by atoms with Crippen molar-refractivity contribution in [2.75, 3.05) is 0 Å². The number of aromatic nitrogens is 1. The molecule has 1 aliphatic carbocycles. The highest BCUT2D eigenvalue weighted by molar-refractivity contribution is 7.90. The molecule has 1 aliphatic rings. The number of hydrazone groups is 1. The van der Waals surface area contributed by atoms with Crippen LogP contribution in [0.1, 0.15) is 51.7 Å². The molecule has 1 fully saturated rings. The van der Waals surface area contributed by atoms with Crippen LogP contribution in [0.5, 0.6) is 0 Å². The molecular weight excluding hydrogens is 317 g/mol. The maximum atomic E-state index is 13.4. The third kappa shape index (κ3) is 4.14. The van der Waals surface area contributed by atoms with Gasteiger partial charge < -0.3 is 0 Å². The van der Waals surface area contributed by atoms with E-state index in [0.717, 1.165) is 12.4 Å². The Hall–Kier alpha value is -1.21. The lowest BCUT2D eigenvalue weighted by atomic mass is 9.91. The zero-order valence-corrected chi connectivity index (χ0v) is 12.2. The van der Waals surface area contributed by atoms with Crippen LogP contribution < -0.4 is 4.83 Å². The molecule has 2 rings (SSSR count). The van der Waals surface area contributed by atoms with E-state index in [1.807, 2.05) is 0 Å². The van der Waals surface area contributed by atoms with E-state index in [4.69, 9.17) is 25.3 Å². The Labute approximate surface area is 142 Å². The summed E-state index contributed by atoms with van der Waals surface area (Å²) in [5, 5.41) is -1.45. The summed E-state index contributed by atoms with van der Waals surface area (Å²) < 4.78 is 119. The molecule has 1 heterocycles. The van der Waals surface area contributed by atoms with E-state index in [-0.39, 0.29) is 5.56 Å². The molecule has 1 aromatic rings. The van der Waals surface area contributed by atoms with Gasteiger partial charge in [0, 0.05) is 25.5 Å². The van der Waals surface area contributed by atoms with Crippen molar-refractivity contribution in [3.63, 3.8) is 0 Å². The summed E-state index contributed by atoms with van der Waals surface area (Å²) in [5.74, 6) is -4.10. The molecule has 0 amide bonds. The van der Waals surface area contributed by atoms with Crippen LogP contribution in [0.3, 0.4) is 0 Å². The topological polar surface area (TPSA) is 71.4 Å². The molecule has 1 aromatic heterocycles. The third-order valence-electron chi connectivity index (χ3n) is 2.24. The van der Waals surface area contributed by atoms with Crippen molar-refractivity contribution < 1.29 is 26.5 Å². The van der Waals surface area contributed by atoms with Crippen molar-refractivity contribution in [3.8, 4) is 0 Å². The molecule has 5 nitrogen and oxygen atoms in total. The van der Waals surface area contributed by atoms with Crippen molar-refractivity contribution in [2.45, 2.75) is 37.6 Å². The van der Waals surface area contributed by atoms with E-state index in [1.165, 1.54) is 4.83 Å². The van der Waals surface area contributed by atoms with E-state index >= 15 is 0 Å². The maximum absolute atomic E-state index is 13.4. The lowest BCUT2D eigenvalue weighted by Crippen LogP contribution is -2.34. The van der Waals surface area contributed by atoms with Gasteiger partial charge in [0.25, 0.3) is 0 Å². The minimum Gasteiger partial charge on any atom is -0.261 e. The van der Waals surface area contributed by atoms with Gasteiger partial charge in [0.15, 0.2) is 5.82 Å². The number of hydrogen-bond acceptors (Lipinski definition) is 4. The Bertz CT molecular complexity index is 1000. The first-order valence-corrected chi connectivity index (χ1v) is 7.34. The summed E-state index contributed by atoms with van der Waals surface area (Å²) in [6.07, 6.45) is -12.8. The molecule has 0 atom stereocenters. The van der Waals surface area contributed by atoms with Crippen molar-refractivity contribution in [3.05, 3.63) is 28.8 Å². The first-order valence-electron chi connectivity index (χ1n) is 10.5. The first kappa shape index (κ1) is 7.37. The number of nitrogens with zero attached hydrogens (tertiary/aromatic N) is 2. The summed E-state index contributed by atoms with van der Waals surface area (Å²) in [6, 6.07) is 0. The third-order valence-corrected chi connectivity index (χ3v) is 3.72. The van der Waals surface area contributed by atoms with Gasteiger partial charge in [0.2, 0.25) is 10.0 Å². The number of halogens is 2. The van der Waals surface area contributed by atoms with Crippen molar-refractivity contribution in [1.82, 2.24) is 9.82 Å². The Morgan fingerprint density at radius 2 is 2.19 bits per heavy atom. The number of nitrogens with one attached hydrogen (secondary N) is 1. The van der Waals surface area contributed by atoms with Gasteiger partial charge in [-0.3, -0.25) is 4.98 Å². The van der Waals surface area contributed by atoms with Gasteiger partial charge in [-0.2, -0.15) is 5.10 Å². The van der Waals surface area contributed by atoms with E-state index in [0.29, 0.717) is 13.1 Å². The van der Waals surface area contributed by atoms with Gasteiger partial charge in [0.05, 0.1) is 22.7 Å². The van der Waals surface area contributed by atoms with Crippen LogP contribution in [0.2, 0.25) is 5.02 Å². The molecule has 8 heteroatoms. The first-order chi connectivity index (χ1) is 13.6. The Balaban J connectivity index is 2.64. The summed E-state index contributed by atoms with van der Waals surface area (Å²) in [4.78, 5) is 4.81. The van der Waals surface area contributed by atoms with E-state index in [1.54, 1.807) is 0 Å². The molecule has 1 N–H and O–H groups in total. The van der Waals surface area contributed by atoms with Gasteiger partial charge >= 0.3 is 0 Å². The molecule has 0 aromatic carbocycles. The number of pyridine rings is 1. The highest BCUT2D eigenvalue weighted by Gasteiger charge is 2.29. The zero-order valence-electron chi connectivity index (χ0n) is 20.6. The van der Waals surface area contributed by atoms with E-state index in [2.05, 4.69) is 10.1 Å². The molecule has 0 unspecified atom stereocenters. The second-order valence-electron chi connectivity index (χ2n) is 3.83. The van der Waals surface area contributed by atoms with Crippen LogP contribution in [0.15, 0.2) is 17.5 Å². The molecule has 0 bridgehead atoms. The average molecular weight is 344 g/mol. The molecule has 0 radical (unpaired) electrons. The highest BCUT2D eigenvalue weighted by Crippen LogP contribution is 2.27. The maximum Gasteiger partial charge on any atom is 0.250 e. The molecular formula is C13H17ClFN3O2S. The Kier molecular flexibility index (Phi) is 2.35. The van der Waals surface area contributed by atoms with Crippen LogP contribution in [0.4, 0.5) is 4.39 Å². The molecule has 0 spiro atoms. The zero-order chi connectivity index (χ0) is 24.5. The van der Waals surface area contributed by atoms with Gasteiger partial charge in [-0.15, -0.1) is 0 Å². The average Bonchev–Trinajstić information content (AvgIpc) is 2.62. The van der Waals surface area contributed by atoms with Crippen molar-refractivity contribution in [2.24, 2.45) is 11.0 Å². The van der Waals surface area contributed by atoms with Gasteiger partial charge in [0.1, 0.15) is 0 Å². The summed E-state index contributed by atoms with van der Waals surface area (Å²) >= 11 is 5.66. The van der Waals surface area contributed by atoms with E-state index in [9.17, 15) is 12.8 Å². The van der Waals surface area contributed by atoms with Crippen LogP contribution in [-0.2, 0) is 10.0 Å². The standard InChI is InChI=1S/C13H17ClFN3O2S/c1-9-2-4-11(5-3-9)21(19,20)18-17-7-10-6-16-8-12(15)13(10)14/h6-9,11,18H,2-5H2,1H3/b17-7+/i2D2,3D2,4D2,5D2,9D,11D. The van der Waals surface area contributed by atoms with Gasteiger partial charge in [-0.25, -0.2) is 17.6 Å². The molecule has 116 valence electrons. The summed E-state index contributed by atoms with van der Waals surface area (Å²) in [7, 11) is -5.64. The minimum atomic E-state index is -5.64. The quantitative estimate of drug-likeness (QED) is 0.675. The fourth-order valence-electron chi connectivity index (χ4n) is 1.23. The van der Waals surface area contributed by atoms with Crippen LogP contribution in [0, 0.1) is 11.7 Å². The summed E-state index contributed by atoms with van der Waals surface area (Å²) in [6.45, 7) is 0.583. The van der Waals surface area contributed by atoms with Crippen LogP contribution in [-0.4, -0.2) is 24.8 Å². The smallest absolute Gasteiger partial charge is 0.250 e. The largest absolute Gasteiger partial charge is 0.261 e. The summed E-state index contributed by atoms with van der Waals surface area (Å²) in [5.41, 5.74) is -0.234. The second-order valence-corrected chi connectivity index (χ2v) is 5.81. The number of hydrogen-bond donors (Lipinski definition) is 1. The Morgan fingerprint density at radius 1 is 1.52 bits per heavy atom. The fourth-order valence-corrected chi connectivity index (χ4v) is 2.03. The molecule has 0 aliphatic heterocycles. The lowest BCUT2D eigenvalue weighted by Gasteiger charge is -2.25. The molecule has 0 saturated heterocycles. The fraction of sp³-hybridized carbons (Fsp3) is 0.538. The lowest BCUT2D eigenvalue weighted by molar-refractivity contribution is 0.381. The predicted octanol–water partition coefficient (Wildman–Crippen LogP) is 2.71. The monoisotopic (exact) mass is 343 g/mol. The molecule has 21 heavy (non-hydrogen) atoms. The van der Waals surface area contributed by atoms with Gasteiger partial charge in [-0.05, 0) is 31.4 Å². The molecule has 1 saturated carbocycles. The van der Waals surface area contributed by atoms with Crippen LogP contribution in [0.25, 0.3) is 0 Å². The second kappa shape index (κ2) is 6.70. The number of rotatable bonds is 4. The normalized spacial score (nSPS) is 47.0. The van der Waals surface area contributed by atoms with Gasteiger partial charge in [-0.1, -0.05) is 18.5 Å². The Morgan fingerprint density at radius 3 is 2.86 bits per heavy atom. The van der Waals surface area contributed by atoms with E-state index < -0.39 is 57.5 Å². The highest BCUT2D eigenvalue weighted by atomic mass is 35.5. The van der Waals surface area contributed by atoms with Crippen LogP contribution >= 0.6 is 11.6 Å². The minimum absolute atomic E-state index is 0.234. The number of sulfonamides is 1. The predicted molar refractivity (Wildman–Crippen MR) is 80.3 cm³/mol.